The number of ketones is 2. The highest BCUT2D eigenvalue weighted by atomic mass is 16.3. The Balaban J connectivity index is 1.91. The van der Waals surface area contributed by atoms with Gasteiger partial charge in [0.2, 0.25) is 11.6 Å². The molecular weight excluding hydrogens is 364 g/mol. The van der Waals surface area contributed by atoms with Gasteiger partial charge in [0.25, 0.3) is 0 Å². The van der Waals surface area contributed by atoms with Crippen molar-refractivity contribution in [2.24, 2.45) is 0 Å². The minimum Gasteiger partial charge on any atom is -0.504 e. The van der Waals surface area contributed by atoms with E-state index in [1.807, 2.05) is 0 Å². The lowest BCUT2D eigenvalue weighted by Crippen LogP contribution is -2.19. The van der Waals surface area contributed by atoms with Crippen molar-refractivity contribution in [1.82, 2.24) is 0 Å². The molecule has 0 saturated carbocycles. The first-order valence-electron chi connectivity index (χ1n) is 11.6. The molecule has 29 heavy (non-hydrogen) atoms. The first-order valence-corrected chi connectivity index (χ1v) is 11.6. The van der Waals surface area contributed by atoms with Crippen molar-refractivity contribution in [2.75, 3.05) is 0 Å². The number of hydrogen-bond donors (Lipinski definition) is 2. The average Bonchev–Trinajstić information content (AvgIpc) is 2.71. The topological polar surface area (TPSA) is 74.6 Å². The summed E-state index contributed by atoms with van der Waals surface area (Å²) in [6.45, 7) is 2.23. The maximum Gasteiger partial charge on any atom is 0.227 e. The summed E-state index contributed by atoms with van der Waals surface area (Å²) in [5.74, 6) is -2.36. The second-order valence-corrected chi connectivity index (χ2v) is 8.09. The number of unbranched alkanes of at least 4 members (excludes halogenated alkanes) is 13. The van der Waals surface area contributed by atoms with Crippen molar-refractivity contribution in [3.63, 3.8) is 0 Å². The van der Waals surface area contributed by atoms with Gasteiger partial charge < -0.3 is 10.2 Å². The summed E-state index contributed by atoms with van der Waals surface area (Å²) in [4.78, 5) is 23.2. The quantitative estimate of drug-likeness (QED) is 0.153. The van der Waals surface area contributed by atoms with Gasteiger partial charge in [-0.3, -0.25) is 9.59 Å². The predicted molar refractivity (Wildman–Crippen MR) is 119 cm³/mol. The fourth-order valence-corrected chi connectivity index (χ4v) is 3.61. The van der Waals surface area contributed by atoms with Gasteiger partial charge in [-0.1, -0.05) is 89.7 Å². The molecule has 0 amide bonds. The molecule has 0 aromatic carbocycles. The van der Waals surface area contributed by atoms with E-state index in [1.165, 1.54) is 77.0 Å². The van der Waals surface area contributed by atoms with Crippen LogP contribution in [0.25, 0.3) is 0 Å². The molecule has 1 rings (SSSR count). The van der Waals surface area contributed by atoms with E-state index < -0.39 is 23.1 Å². The summed E-state index contributed by atoms with van der Waals surface area (Å²) in [5.41, 5.74) is 0.0615. The summed E-state index contributed by atoms with van der Waals surface area (Å²) >= 11 is 0. The maximum atomic E-state index is 11.8. The Hall–Kier alpha value is -1.84. The molecule has 0 atom stereocenters. The van der Waals surface area contributed by atoms with Crippen molar-refractivity contribution < 1.29 is 19.8 Å². The molecule has 0 saturated heterocycles. The SMILES string of the molecule is CCCCC=CCCCCCCCCCCCCCC1=C(O)C(=O)C=C(O)C1=O. The molecule has 1 aliphatic rings. The van der Waals surface area contributed by atoms with Gasteiger partial charge >= 0.3 is 0 Å². The number of hydrogen-bond acceptors (Lipinski definition) is 4. The monoisotopic (exact) mass is 404 g/mol. The zero-order valence-electron chi connectivity index (χ0n) is 18.3. The summed E-state index contributed by atoms with van der Waals surface area (Å²) < 4.78 is 0. The average molecular weight is 405 g/mol. The smallest absolute Gasteiger partial charge is 0.227 e. The summed E-state index contributed by atoms with van der Waals surface area (Å²) in [5, 5.41) is 19.1. The Kier molecular flexibility index (Phi) is 13.9. The van der Waals surface area contributed by atoms with Crippen LogP contribution in [0.1, 0.15) is 110 Å². The largest absolute Gasteiger partial charge is 0.504 e. The lowest BCUT2D eigenvalue weighted by molar-refractivity contribution is -0.119. The minimum absolute atomic E-state index is 0.0615. The third-order valence-electron chi connectivity index (χ3n) is 5.48. The summed E-state index contributed by atoms with van der Waals surface area (Å²) in [7, 11) is 0. The number of carbonyl (C=O) groups is 2. The van der Waals surface area contributed by atoms with Crippen LogP contribution in [0, 0.1) is 0 Å². The van der Waals surface area contributed by atoms with Crippen LogP contribution < -0.4 is 0 Å². The number of rotatable bonds is 17. The highest BCUT2D eigenvalue weighted by Gasteiger charge is 2.27. The van der Waals surface area contributed by atoms with Gasteiger partial charge in [0.15, 0.2) is 11.5 Å². The van der Waals surface area contributed by atoms with Crippen molar-refractivity contribution in [3.8, 4) is 0 Å². The number of aliphatic hydroxyl groups is 2. The molecule has 4 heteroatoms. The van der Waals surface area contributed by atoms with Crippen molar-refractivity contribution in [1.29, 1.82) is 0 Å². The Morgan fingerprint density at radius 1 is 0.724 bits per heavy atom. The number of aliphatic hydroxyl groups excluding tert-OH is 2. The van der Waals surface area contributed by atoms with E-state index in [0.29, 0.717) is 6.42 Å². The lowest BCUT2D eigenvalue weighted by atomic mass is 9.94. The standard InChI is InChI=1S/C25H40O4/c1-2-3-4-5-6-7-8-9-10-11-12-13-14-15-16-17-18-19-21-24(28)22(26)20-23(27)25(21)29/h5-6,20,26,29H,2-4,7-19H2,1H3. The predicted octanol–water partition coefficient (Wildman–Crippen LogP) is 7.21. The van der Waals surface area contributed by atoms with Crippen LogP contribution in [-0.4, -0.2) is 21.8 Å². The van der Waals surface area contributed by atoms with E-state index in [4.69, 9.17) is 0 Å². The molecule has 0 radical (unpaired) electrons. The fourth-order valence-electron chi connectivity index (χ4n) is 3.61. The van der Waals surface area contributed by atoms with Crippen LogP contribution in [0.2, 0.25) is 0 Å². The summed E-state index contributed by atoms with van der Waals surface area (Å²) in [6, 6.07) is 0. The minimum atomic E-state index is -0.680. The molecule has 0 heterocycles. The van der Waals surface area contributed by atoms with Crippen LogP contribution in [0.3, 0.4) is 0 Å². The van der Waals surface area contributed by atoms with Gasteiger partial charge in [-0.15, -0.1) is 0 Å². The first-order chi connectivity index (χ1) is 14.1. The zero-order valence-corrected chi connectivity index (χ0v) is 18.3. The molecule has 4 nitrogen and oxygen atoms in total. The Morgan fingerprint density at radius 2 is 1.21 bits per heavy atom. The van der Waals surface area contributed by atoms with E-state index in [2.05, 4.69) is 19.1 Å². The molecule has 0 fully saturated rings. The Morgan fingerprint density at radius 3 is 1.76 bits per heavy atom. The van der Waals surface area contributed by atoms with Gasteiger partial charge in [0, 0.05) is 11.6 Å². The van der Waals surface area contributed by atoms with Crippen LogP contribution >= 0.6 is 0 Å². The second-order valence-electron chi connectivity index (χ2n) is 8.09. The molecule has 0 aliphatic heterocycles. The molecule has 0 aromatic rings. The van der Waals surface area contributed by atoms with Gasteiger partial charge in [-0.2, -0.15) is 0 Å². The normalized spacial score (nSPS) is 14.9. The number of allylic oxidation sites excluding steroid dienone is 4. The van der Waals surface area contributed by atoms with E-state index in [-0.39, 0.29) is 5.57 Å². The zero-order chi connectivity index (χ0) is 21.3. The first kappa shape index (κ1) is 25.2. The van der Waals surface area contributed by atoms with Crippen molar-refractivity contribution >= 4 is 11.6 Å². The van der Waals surface area contributed by atoms with E-state index >= 15 is 0 Å². The van der Waals surface area contributed by atoms with Crippen LogP contribution in [0.15, 0.2) is 35.3 Å². The van der Waals surface area contributed by atoms with E-state index in [0.717, 1.165) is 25.3 Å². The van der Waals surface area contributed by atoms with Crippen LogP contribution in [-0.2, 0) is 9.59 Å². The van der Waals surface area contributed by atoms with Crippen LogP contribution in [0.5, 0.6) is 0 Å². The number of carbonyl (C=O) groups excluding carboxylic acids is 2. The van der Waals surface area contributed by atoms with E-state index in [9.17, 15) is 19.8 Å². The van der Waals surface area contributed by atoms with Crippen LogP contribution in [0.4, 0.5) is 0 Å². The van der Waals surface area contributed by atoms with E-state index in [1.54, 1.807) is 0 Å². The third kappa shape index (κ3) is 11.1. The summed E-state index contributed by atoms with van der Waals surface area (Å²) in [6.07, 6.45) is 24.0. The highest BCUT2D eigenvalue weighted by molar-refractivity contribution is 6.20. The highest BCUT2D eigenvalue weighted by Crippen LogP contribution is 2.22. The van der Waals surface area contributed by atoms with Gasteiger partial charge in [-0.25, -0.2) is 0 Å². The van der Waals surface area contributed by atoms with Gasteiger partial charge in [-0.05, 0) is 32.1 Å². The van der Waals surface area contributed by atoms with Crippen molar-refractivity contribution in [2.45, 2.75) is 110 Å². The molecule has 0 aromatic heterocycles. The third-order valence-corrected chi connectivity index (χ3v) is 5.48. The van der Waals surface area contributed by atoms with Crippen molar-refractivity contribution in [3.05, 3.63) is 35.3 Å². The molecular formula is C25H40O4. The molecule has 0 unspecified atom stereocenters. The second kappa shape index (κ2) is 16.0. The Labute approximate surface area is 176 Å². The maximum absolute atomic E-state index is 11.8. The molecule has 1 aliphatic carbocycles. The number of Topliss-reactive ketones (excluding diaryl/α,β-unsaturated/α-hetero) is 1. The molecule has 0 bridgehead atoms. The van der Waals surface area contributed by atoms with Gasteiger partial charge in [0.1, 0.15) is 0 Å². The molecule has 164 valence electrons. The lowest BCUT2D eigenvalue weighted by Gasteiger charge is -2.12. The Bertz CT molecular complexity index is 584. The fraction of sp³-hybridized carbons (Fsp3) is 0.680. The van der Waals surface area contributed by atoms with Gasteiger partial charge in [0.05, 0.1) is 0 Å². The molecule has 0 spiro atoms. The molecule has 2 N–H and O–H groups in total.